The lowest BCUT2D eigenvalue weighted by Gasteiger charge is -2.13. The zero-order chi connectivity index (χ0) is 17.8. The molecule has 0 bridgehead atoms. The van der Waals surface area contributed by atoms with Crippen molar-refractivity contribution in [3.8, 4) is 5.82 Å². The molecule has 3 aromatic heterocycles. The van der Waals surface area contributed by atoms with Gasteiger partial charge in [0.05, 0.1) is 16.5 Å². The SMILES string of the molecule is O=c1[nH]c(=O)n(-c2cccc3nccn23)c2cc(C(F)(F)F)ccc12. The normalized spacial score (nSPS) is 12.1. The van der Waals surface area contributed by atoms with Gasteiger partial charge < -0.3 is 0 Å². The summed E-state index contributed by atoms with van der Waals surface area (Å²) in [6.07, 6.45) is -1.53. The smallest absolute Gasteiger partial charge is 0.285 e. The number of hydrogen-bond donors (Lipinski definition) is 1. The predicted octanol–water partition coefficient (Wildman–Crippen LogP) is 2.35. The number of halogens is 3. The lowest BCUT2D eigenvalue weighted by Crippen LogP contribution is -2.30. The monoisotopic (exact) mass is 346 g/mol. The Morgan fingerprint density at radius 3 is 2.64 bits per heavy atom. The van der Waals surface area contributed by atoms with E-state index in [4.69, 9.17) is 0 Å². The van der Waals surface area contributed by atoms with Crippen molar-refractivity contribution in [1.82, 2.24) is 18.9 Å². The van der Waals surface area contributed by atoms with Gasteiger partial charge >= 0.3 is 11.9 Å². The van der Waals surface area contributed by atoms with Crippen molar-refractivity contribution >= 4 is 16.6 Å². The van der Waals surface area contributed by atoms with Crippen LogP contribution in [0, 0.1) is 0 Å². The van der Waals surface area contributed by atoms with Crippen LogP contribution in [0.15, 0.2) is 58.4 Å². The summed E-state index contributed by atoms with van der Waals surface area (Å²) in [4.78, 5) is 30.6. The highest BCUT2D eigenvalue weighted by molar-refractivity contribution is 5.80. The molecule has 4 aromatic rings. The molecule has 25 heavy (non-hydrogen) atoms. The summed E-state index contributed by atoms with van der Waals surface area (Å²) in [5, 5.41) is -0.0234. The Labute approximate surface area is 136 Å². The van der Waals surface area contributed by atoms with Gasteiger partial charge in [-0.05, 0) is 30.3 Å². The molecule has 0 saturated heterocycles. The number of pyridine rings is 1. The number of imidazole rings is 1. The highest BCUT2D eigenvalue weighted by Gasteiger charge is 2.31. The molecule has 126 valence electrons. The fourth-order valence-electron chi connectivity index (χ4n) is 2.76. The van der Waals surface area contributed by atoms with Gasteiger partial charge in [-0.2, -0.15) is 13.2 Å². The van der Waals surface area contributed by atoms with E-state index in [0.29, 0.717) is 5.65 Å². The maximum Gasteiger partial charge on any atom is 0.416 e. The van der Waals surface area contributed by atoms with E-state index in [-0.39, 0.29) is 16.7 Å². The van der Waals surface area contributed by atoms with Gasteiger partial charge in [0.25, 0.3) is 5.56 Å². The van der Waals surface area contributed by atoms with Gasteiger partial charge in [0.15, 0.2) is 0 Å². The van der Waals surface area contributed by atoms with E-state index < -0.39 is 23.0 Å². The number of alkyl halides is 3. The number of aromatic nitrogens is 4. The lowest BCUT2D eigenvalue weighted by atomic mass is 10.1. The molecule has 6 nitrogen and oxygen atoms in total. The van der Waals surface area contributed by atoms with Crippen LogP contribution < -0.4 is 11.2 Å². The maximum atomic E-state index is 13.1. The highest BCUT2D eigenvalue weighted by atomic mass is 19.4. The first-order chi connectivity index (χ1) is 11.9. The second kappa shape index (κ2) is 5.07. The third-order valence-electron chi connectivity index (χ3n) is 3.87. The zero-order valence-electron chi connectivity index (χ0n) is 12.4. The number of rotatable bonds is 1. The summed E-state index contributed by atoms with van der Waals surface area (Å²) in [6, 6.07) is 7.51. The van der Waals surface area contributed by atoms with Crippen LogP contribution in [0.1, 0.15) is 5.56 Å². The molecule has 0 saturated carbocycles. The Morgan fingerprint density at radius 1 is 1.08 bits per heavy atom. The van der Waals surface area contributed by atoms with Crippen LogP contribution in [0.25, 0.3) is 22.4 Å². The van der Waals surface area contributed by atoms with Gasteiger partial charge in [-0.1, -0.05) is 6.07 Å². The molecule has 3 heterocycles. The van der Waals surface area contributed by atoms with Crippen LogP contribution in [0.5, 0.6) is 0 Å². The first-order valence-electron chi connectivity index (χ1n) is 7.15. The maximum absolute atomic E-state index is 13.1. The second-order valence-electron chi connectivity index (χ2n) is 5.36. The summed E-state index contributed by atoms with van der Waals surface area (Å²) in [5.74, 6) is 0.264. The molecular formula is C16H9F3N4O2. The molecule has 1 aromatic carbocycles. The molecule has 0 aliphatic heterocycles. The number of benzene rings is 1. The standard InChI is InChI=1S/C16H9F3N4O2/c17-16(18,19)9-4-5-10-11(8-9)23(15(25)21-14(10)24)13-3-1-2-12-20-6-7-22(12)13/h1-8H,(H,21,24,25). The number of nitrogens with one attached hydrogen (secondary N) is 1. The molecule has 0 aliphatic carbocycles. The summed E-state index contributed by atoms with van der Waals surface area (Å²) < 4.78 is 41.8. The van der Waals surface area contributed by atoms with Crippen LogP contribution in [-0.2, 0) is 6.18 Å². The summed E-state index contributed by atoms with van der Waals surface area (Å²) in [6.45, 7) is 0. The summed E-state index contributed by atoms with van der Waals surface area (Å²) in [7, 11) is 0. The lowest BCUT2D eigenvalue weighted by molar-refractivity contribution is -0.137. The van der Waals surface area contributed by atoms with Crippen LogP contribution >= 0.6 is 0 Å². The van der Waals surface area contributed by atoms with E-state index in [2.05, 4.69) is 9.97 Å². The number of nitrogens with zero attached hydrogens (tertiary/aromatic N) is 3. The first-order valence-corrected chi connectivity index (χ1v) is 7.15. The van der Waals surface area contributed by atoms with Gasteiger partial charge in [-0.15, -0.1) is 0 Å². The van der Waals surface area contributed by atoms with Gasteiger partial charge in [0.2, 0.25) is 0 Å². The Hall–Kier alpha value is -3.36. The molecular weight excluding hydrogens is 337 g/mol. The van der Waals surface area contributed by atoms with Crippen molar-refractivity contribution in [3.05, 3.63) is 75.2 Å². The Bertz CT molecular complexity index is 1230. The number of hydrogen-bond acceptors (Lipinski definition) is 3. The Kier molecular flexibility index (Phi) is 3.08. The van der Waals surface area contributed by atoms with Gasteiger partial charge in [-0.25, -0.2) is 14.3 Å². The largest absolute Gasteiger partial charge is 0.416 e. The van der Waals surface area contributed by atoms with Crippen molar-refractivity contribution < 1.29 is 13.2 Å². The number of H-pyrrole nitrogens is 1. The second-order valence-corrected chi connectivity index (χ2v) is 5.36. The molecule has 0 radical (unpaired) electrons. The van der Waals surface area contributed by atoms with E-state index in [1.807, 2.05) is 0 Å². The minimum absolute atomic E-state index is 0.0234. The van der Waals surface area contributed by atoms with Crippen LogP contribution in [0.2, 0.25) is 0 Å². The minimum atomic E-state index is -4.60. The number of aromatic amines is 1. The third-order valence-corrected chi connectivity index (χ3v) is 3.87. The van der Waals surface area contributed by atoms with E-state index in [0.717, 1.165) is 22.8 Å². The van der Waals surface area contributed by atoms with Crippen molar-refractivity contribution in [3.63, 3.8) is 0 Å². The topological polar surface area (TPSA) is 72.2 Å². The number of fused-ring (bicyclic) bond motifs is 2. The van der Waals surface area contributed by atoms with Gasteiger partial charge in [-0.3, -0.25) is 14.2 Å². The van der Waals surface area contributed by atoms with Crippen LogP contribution in [0.4, 0.5) is 13.2 Å². The molecule has 0 spiro atoms. The third kappa shape index (κ3) is 2.32. The Morgan fingerprint density at radius 2 is 1.88 bits per heavy atom. The van der Waals surface area contributed by atoms with Gasteiger partial charge in [0.1, 0.15) is 11.5 Å². The quantitative estimate of drug-likeness (QED) is 0.575. The van der Waals surface area contributed by atoms with E-state index in [9.17, 15) is 22.8 Å². The molecule has 0 unspecified atom stereocenters. The molecule has 0 aliphatic rings. The van der Waals surface area contributed by atoms with Crippen molar-refractivity contribution in [2.24, 2.45) is 0 Å². The molecule has 0 atom stereocenters. The fourth-order valence-corrected chi connectivity index (χ4v) is 2.76. The molecule has 9 heteroatoms. The first kappa shape index (κ1) is 15.2. The van der Waals surface area contributed by atoms with E-state index in [1.54, 1.807) is 28.8 Å². The van der Waals surface area contributed by atoms with Crippen molar-refractivity contribution in [1.29, 1.82) is 0 Å². The van der Waals surface area contributed by atoms with Crippen LogP contribution in [-0.4, -0.2) is 18.9 Å². The predicted molar refractivity (Wildman–Crippen MR) is 83.9 cm³/mol. The fraction of sp³-hybridized carbons (Fsp3) is 0.0625. The molecule has 1 N–H and O–H groups in total. The van der Waals surface area contributed by atoms with E-state index >= 15 is 0 Å². The zero-order valence-corrected chi connectivity index (χ0v) is 12.4. The van der Waals surface area contributed by atoms with Gasteiger partial charge in [0, 0.05) is 12.4 Å². The van der Waals surface area contributed by atoms with E-state index in [1.165, 1.54) is 6.20 Å². The summed E-state index contributed by atoms with van der Waals surface area (Å²) >= 11 is 0. The molecule has 0 fully saturated rings. The van der Waals surface area contributed by atoms with Crippen LogP contribution in [0.3, 0.4) is 0 Å². The Balaban J connectivity index is 2.18. The van der Waals surface area contributed by atoms with Crippen molar-refractivity contribution in [2.45, 2.75) is 6.18 Å². The molecule has 4 rings (SSSR count). The molecule has 0 amide bonds. The summed E-state index contributed by atoms with van der Waals surface area (Å²) in [5.41, 5.74) is -2.15. The highest BCUT2D eigenvalue weighted by Crippen LogP contribution is 2.31. The average molecular weight is 346 g/mol. The average Bonchev–Trinajstić information content (AvgIpc) is 3.03. The minimum Gasteiger partial charge on any atom is -0.285 e. The van der Waals surface area contributed by atoms with Crippen molar-refractivity contribution in [2.75, 3.05) is 0 Å².